The molecule has 2 heterocycles. The van der Waals surface area contributed by atoms with Crippen molar-refractivity contribution in [1.29, 1.82) is 0 Å². The number of para-hydroxylation sites is 2. The van der Waals surface area contributed by atoms with E-state index in [4.69, 9.17) is 0 Å². The van der Waals surface area contributed by atoms with Crippen LogP contribution in [0.1, 0.15) is 72.7 Å². The number of phenols is 1. The van der Waals surface area contributed by atoms with Crippen molar-refractivity contribution < 1.29 is 14.7 Å². The molecule has 2 aliphatic rings. The van der Waals surface area contributed by atoms with E-state index >= 15 is 0 Å². The van der Waals surface area contributed by atoms with Crippen LogP contribution >= 0.6 is 0 Å². The van der Waals surface area contributed by atoms with Crippen molar-refractivity contribution in [3.8, 4) is 5.75 Å². The van der Waals surface area contributed by atoms with Gasteiger partial charge in [0, 0.05) is 51.2 Å². The molecule has 1 aliphatic carbocycles. The van der Waals surface area contributed by atoms with Gasteiger partial charge in [-0.05, 0) is 37.3 Å². The second kappa shape index (κ2) is 11.0. The van der Waals surface area contributed by atoms with Gasteiger partial charge in [0.2, 0.25) is 5.43 Å². The molecule has 2 amide bonds. The molecule has 1 aromatic carbocycles. The third kappa shape index (κ3) is 5.69. The molecule has 35 heavy (non-hydrogen) atoms. The van der Waals surface area contributed by atoms with E-state index in [9.17, 15) is 19.5 Å². The van der Waals surface area contributed by atoms with Gasteiger partial charge in [0.25, 0.3) is 11.8 Å². The molecule has 0 atom stereocenters. The Morgan fingerprint density at radius 2 is 1.69 bits per heavy atom. The van der Waals surface area contributed by atoms with Gasteiger partial charge in [-0.25, -0.2) is 0 Å². The van der Waals surface area contributed by atoms with Crippen molar-refractivity contribution in [2.24, 2.45) is 5.92 Å². The van der Waals surface area contributed by atoms with Gasteiger partial charge in [0.05, 0.1) is 5.69 Å². The second-order valence-corrected chi connectivity index (χ2v) is 10.0. The first-order chi connectivity index (χ1) is 16.8. The minimum absolute atomic E-state index is 0.0411. The number of carbonyl (C=O) groups is 2. The summed E-state index contributed by atoms with van der Waals surface area (Å²) in [6.45, 7) is 6.62. The minimum Gasteiger partial charge on any atom is -0.506 e. The van der Waals surface area contributed by atoms with Gasteiger partial charge >= 0.3 is 0 Å². The fourth-order valence-electron chi connectivity index (χ4n) is 4.95. The van der Waals surface area contributed by atoms with Crippen molar-refractivity contribution in [2.75, 3.05) is 37.6 Å². The van der Waals surface area contributed by atoms with Crippen molar-refractivity contribution in [2.45, 2.75) is 52.0 Å². The Kier molecular flexibility index (Phi) is 7.78. The Balaban J connectivity index is 1.55. The van der Waals surface area contributed by atoms with E-state index < -0.39 is 11.3 Å². The number of hydrogen-bond acceptors (Lipinski definition) is 5. The lowest BCUT2D eigenvalue weighted by atomic mass is 10.1. The normalized spacial score (nSPS) is 16.7. The maximum absolute atomic E-state index is 13.5. The Morgan fingerprint density at radius 1 is 1.03 bits per heavy atom. The highest BCUT2D eigenvalue weighted by atomic mass is 16.3. The SMILES string of the molecule is CC(C)CCNC(=O)c1cn(C2CCCC2)cc(C(=O)N2CCN(c3ccccc3O)CC2)c1=O. The highest BCUT2D eigenvalue weighted by Crippen LogP contribution is 2.30. The summed E-state index contributed by atoms with van der Waals surface area (Å²) in [5.74, 6) is -0.102. The number of hydrogen-bond donors (Lipinski definition) is 2. The maximum atomic E-state index is 13.5. The highest BCUT2D eigenvalue weighted by Gasteiger charge is 2.28. The van der Waals surface area contributed by atoms with E-state index in [2.05, 4.69) is 19.2 Å². The zero-order chi connectivity index (χ0) is 24.9. The molecule has 1 saturated heterocycles. The molecule has 2 aromatic rings. The molecular weight excluding hydrogens is 444 g/mol. The number of aromatic hydroxyl groups is 1. The largest absolute Gasteiger partial charge is 0.506 e. The summed E-state index contributed by atoms with van der Waals surface area (Å²) < 4.78 is 1.91. The van der Waals surface area contributed by atoms with E-state index in [0.717, 1.165) is 37.8 Å². The van der Waals surface area contributed by atoms with Crippen LogP contribution in [0.5, 0.6) is 5.75 Å². The Bertz CT molecular complexity index is 1110. The molecule has 0 spiro atoms. The quantitative estimate of drug-likeness (QED) is 0.633. The third-order valence-corrected chi connectivity index (χ3v) is 7.06. The average Bonchev–Trinajstić information content (AvgIpc) is 3.39. The number of benzene rings is 1. The van der Waals surface area contributed by atoms with Crippen LogP contribution in [0.3, 0.4) is 0 Å². The number of amides is 2. The summed E-state index contributed by atoms with van der Waals surface area (Å²) in [6.07, 6.45) is 8.27. The molecule has 1 aromatic heterocycles. The van der Waals surface area contributed by atoms with Crippen molar-refractivity contribution >= 4 is 17.5 Å². The number of anilines is 1. The lowest BCUT2D eigenvalue weighted by Crippen LogP contribution is -2.50. The summed E-state index contributed by atoms with van der Waals surface area (Å²) in [6, 6.07) is 7.35. The van der Waals surface area contributed by atoms with Gasteiger partial charge < -0.3 is 24.8 Å². The van der Waals surface area contributed by atoms with Gasteiger partial charge in [0.1, 0.15) is 16.9 Å². The van der Waals surface area contributed by atoms with E-state index in [1.165, 1.54) is 0 Å². The predicted molar refractivity (Wildman–Crippen MR) is 136 cm³/mol. The number of aromatic nitrogens is 1. The number of pyridine rings is 1. The monoisotopic (exact) mass is 480 g/mol. The highest BCUT2D eigenvalue weighted by molar-refractivity contribution is 5.99. The molecule has 2 N–H and O–H groups in total. The van der Waals surface area contributed by atoms with Crippen LogP contribution in [0.4, 0.5) is 5.69 Å². The van der Waals surface area contributed by atoms with Crippen molar-refractivity contribution in [3.63, 3.8) is 0 Å². The molecule has 0 bridgehead atoms. The standard InChI is InChI=1S/C27H36N4O4/c1-19(2)11-12-28-26(34)21-17-31(20-7-3-4-8-20)18-22(25(21)33)27(35)30-15-13-29(14-16-30)23-9-5-6-10-24(23)32/h5-6,9-10,17-20,32H,3-4,7-8,11-16H2,1-2H3,(H,28,34). The minimum atomic E-state index is -0.505. The maximum Gasteiger partial charge on any atom is 0.259 e. The first kappa shape index (κ1) is 24.8. The van der Waals surface area contributed by atoms with Crippen molar-refractivity contribution in [1.82, 2.24) is 14.8 Å². The average molecular weight is 481 g/mol. The molecule has 1 saturated carbocycles. The van der Waals surface area contributed by atoms with Gasteiger partial charge in [-0.1, -0.05) is 38.8 Å². The number of nitrogens with one attached hydrogen (secondary N) is 1. The van der Waals surface area contributed by atoms with Crippen molar-refractivity contribution in [3.05, 3.63) is 58.0 Å². The van der Waals surface area contributed by atoms with Gasteiger partial charge in [-0.3, -0.25) is 14.4 Å². The summed E-state index contributed by atoms with van der Waals surface area (Å²) in [5, 5.41) is 13.0. The van der Waals surface area contributed by atoms with Crippen LogP contribution in [0.25, 0.3) is 0 Å². The lowest BCUT2D eigenvalue weighted by molar-refractivity contribution is 0.0744. The summed E-state index contributed by atoms with van der Waals surface area (Å²) in [4.78, 5) is 43.4. The van der Waals surface area contributed by atoms with Gasteiger partial charge in [-0.15, -0.1) is 0 Å². The number of carbonyl (C=O) groups excluding carboxylic acids is 2. The number of phenolic OH excluding ortho intramolecular Hbond substituents is 1. The van der Waals surface area contributed by atoms with Crippen LogP contribution in [-0.2, 0) is 0 Å². The van der Waals surface area contributed by atoms with Crippen LogP contribution < -0.4 is 15.6 Å². The zero-order valence-corrected chi connectivity index (χ0v) is 20.7. The Labute approximate surface area is 206 Å². The molecule has 0 radical (unpaired) electrons. The first-order valence-corrected chi connectivity index (χ1v) is 12.7. The fourth-order valence-corrected chi connectivity index (χ4v) is 4.95. The predicted octanol–water partition coefficient (Wildman–Crippen LogP) is 3.41. The topological polar surface area (TPSA) is 94.9 Å². The third-order valence-electron chi connectivity index (χ3n) is 7.06. The molecule has 8 heteroatoms. The lowest BCUT2D eigenvalue weighted by Gasteiger charge is -2.36. The number of rotatable bonds is 7. The Morgan fingerprint density at radius 3 is 2.34 bits per heavy atom. The number of nitrogens with zero attached hydrogens (tertiary/aromatic N) is 3. The number of piperazine rings is 1. The van der Waals surface area contributed by atoms with E-state index in [0.29, 0.717) is 38.6 Å². The summed E-state index contributed by atoms with van der Waals surface area (Å²) >= 11 is 0. The van der Waals surface area contributed by atoms with Crippen LogP contribution in [-0.4, -0.2) is 59.1 Å². The first-order valence-electron chi connectivity index (χ1n) is 12.7. The fraction of sp³-hybridized carbons (Fsp3) is 0.519. The van der Waals surface area contributed by atoms with Gasteiger partial charge in [-0.2, -0.15) is 0 Å². The van der Waals surface area contributed by atoms with E-state index in [1.807, 2.05) is 21.6 Å². The Hall–Kier alpha value is -3.29. The van der Waals surface area contributed by atoms with E-state index in [-0.39, 0.29) is 28.8 Å². The molecule has 188 valence electrons. The van der Waals surface area contributed by atoms with Crippen LogP contribution in [0.15, 0.2) is 41.5 Å². The molecule has 2 fully saturated rings. The van der Waals surface area contributed by atoms with Crippen LogP contribution in [0.2, 0.25) is 0 Å². The van der Waals surface area contributed by atoms with Crippen LogP contribution in [0, 0.1) is 5.92 Å². The molecule has 1 aliphatic heterocycles. The smallest absolute Gasteiger partial charge is 0.259 e. The summed E-state index contributed by atoms with van der Waals surface area (Å²) in [7, 11) is 0. The molecule has 8 nitrogen and oxygen atoms in total. The molecule has 0 unspecified atom stereocenters. The second-order valence-electron chi connectivity index (χ2n) is 10.0. The summed E-state index contributed by atoms with van der Waals surface area (Å²) in [5.41, 5.74) is 0.335. The van der Waals surface area contributed by atoms with E-state index in [1.54, 1.807) is 29.4 Å². The molecule has 4 rings (SSSR count). The molecular formula is C27H36N4O4. The van der Waals surface area contributed by atoms with Gasteiger partial charge in [0.15, 0.2) is 0 Å². The zero-order valence-electron chi connectivity index (χ0n) is 20.7.